The zero-order chi connectivity index (χ0) is 20.3. The van der Waals surface area contributed by atoms with Gasteiger partial charge in [0, 0.05) is 0 Å². The first-order valence-electron chi connectivity index (χ1n) is 9.12. The number of hydrogen-bond donors (Lipinski definition) is 2. The molecule has 3 rings (SSSR count). The zero-order valence-corrected chi connectivity index (χ0v) is 16.4. The summed E-state index contributed by atoms with van der Waals surface area (Å²) >= 11 is 0. The topological polar surface area (TPSA) is 76.7 Å². The lowest BCUT2D eigenvalue weighted by atomic mass is 9.92. The summed E-state index contributed by atoms with van der Waals surface area (Å²) in [6.45, 7) is 5.55. The predicted molar refractivity (Wildman–Crippen MR) is 107 cm³/mol. The molecule has 0 aromatic heterocycles. The van der Waals surface area contributed by atoms with Crippen molar-refractivity contribution in [2.24, 2.45) is 0 Å². The third-order valence-corrected chi connectivity index (χ3v) is 4.39. The van der Waals surface area contributed by atoms with Gasteiger partial charge in [-0.25, -0.2) is 9.59 Å². The molecule has 2 amide bonds. The van der Waals surface area contributed by atoms with Crippen LogP contribution < -0.4 is 15.4 Å². The molecule has 28 heavy (non-hydrogen) atoms. The van der Waals surface area contributed by atoms with Gasteiger partial charge >= 0.3 is 12.0 Å². The van der Waals surface area contributed by atoms with Crippen molar-refractivity contribution in [1.29, 1.82) is 0 Å². The quantitative estimate of drug-likeness (QED) is 0.775. The maximum atomic E-state index is 13.0. The van der Waals surface area contributed by atoms with Crippen LogP contribution in [0.4, 0.5) is 4.79 Å². The smallest absolute Gasteiger partial charge is 0.338 e. The minimum Gasteiger partial charge on any atom is -0.497 e. The monoisotopic (exact) mass is 380 g/mol. The molecular weight excluding hydrogens is 356 g/mol. The summed E-state index contributed by atoms with van der Waals surface area (Å²) in [6.07, 6.45) is -0.284. The van der Waals surface area contributed by atoms with Crippen molar-refractivity contribution in [2.75, 3.05) is 7.11 Å². The molecule has 0 fully saturated rings. The van der Waals surface area contributed by atoms with Gasteiger partial charge < -0.3 is 20.1 Å². The number of amides is 2. The van der Waals surface area contributed by atoms with Gasteiger partial charge in [-0.05, 0) is 56.2 Å². The van der Waals surface area contributed by atoms with Crippen molar-refractivity contribution in [2.45, 2.75) is 32.9 Å². The molecule has 6 heteroatoms. The summed E-state index contributed by atoms with van der Waals surface area (Å²) < 4.78 is 10.7. The third kappa shape index (κ3) is 4.17. The van der Waals surface area contributed by atoms with Crippen LogP contribution in [0.25, 0.3) is 5.70 Å². The van der Waals surface area contributed by atoms with E-state index >= 15 is 0 Å². The Morgan fingerprint density at radius 3 is 2.43 bits per heavy atom. The number of esters is 1. The Labute approximate surface area is 164 Å². The molecule has 2 aromatic rings. The minimum absolute atomic E-state index is 0.284. The highest BCUT2D eigenvalue weighted by Gasteiger charge is 2.34. The van der Waals surface area contributed by atoms with Crippen LogP contribution in [0, 0.1) is 6.92 Å². The highest BCUT2D eigenvalue weighted by atomic mass is 16.5. The number of ether oxygens (including phenoxy) is 2. The molecule has 0 bridgehead atoms. The van der Waals surface area contributed by atoms with E-state index in [1.165, 1.54) is 0 Å². The van der Waals surface area contributed by atoms with Crippen molar-refractivity contribution in [3.63, 3.8) is 0 Å². The lowest BCUT2D eigenvalue weighted by Crippen LogP contribution is -2.45. The number of methoxy groups -OCH3 is 1. The van der Waals surface area contributed by atoms with Crippen LogP contribution in [0.2, 0.25) is 0 Å². The Balaban J connectivity index is 2.16. The highest BCUT2D eigenvalue weighted by Crippen LogP contribution is 2.33. The van der Waals surface area contributed by atoms with Gasteiger partial charge in [-0.2, -0.15) is 0 Å². The van der Waals surface area contributed by atoms with Crippen molar-refractivity contribution < 1.29 is 19.1 Å². The molecule has 1 atom stereocenters. The molecule has 146 valence electrons. The number of benzene rings is 2. The molecule has 1 unspecified atom stereocenters. The number of rotatable bonds is 5. The molecule has 0 aliphatic carbocycles. The molecule has 0 spiro atoms. The van der Waals surface area contributed by atoms with Gasteiger partial charge in [0.15, 0.2) is 0 Å². The normalized spacial score (nSPS) is 16.5. The van der Waals surface area contributed by atoms with Gasteiger partial charge in [-0.3, -0.25) is 0 Å². The first kappa shape index (κ1) is 19.5. The standard InChI is InChI=1S/C22H24N2O4/c1-13(2)28-21(25)18-19(15-8-10-17(27-4)11-9-15)23-22(26)24-20(18)16-7-5-6-14(3)12-16/h5-13,20H,1-4H3,(H2,23,24,26). The fraction of sp³-hybridized carbons (Fsp3) is 0.273. The molecule has 2 aromatic carbocycles. The second-order valence-corrected chi connectivity index (χ2v) is 6.92. The summed E-state index contributed by atoms with van der Waals surface area (Å²) in [4.78, 5) is 25.4. The van der Waals surface area contributed by atoms with Crippen LogP contribution >= 0.6 is 0 Å². The lowest BCUT2D eigenvalue weighted by Gasteiger charge is -2.30. The summed E-state index contributed by atoms with van der Waals surface area (Å²) in [7, 11) is 1.58. The number of urea groups is 1. The summed E-state index contributed by atoms with van der Waals surface area (Å²) in [5.41, 5.74) is 3.35. The summed E-state index contributed by atoms with van der Waals surface area (Å²) in [6, 6.07) is 13.9. The molecule has 2 N–H and O–H groups in total. The maximum absolute atomic E-state index is 13.0. The first-order chi connectivity index (χ1) is 13.4. The number of nitrogens with one attached hydrogen (secondary N) is 2. The van der Waals surface area contributed by atoms with Crippen LogP contribution in [0.5, 0.6) is 5.75 Å². The Morgan fingerprint density at radius 1 is 1.11 bits per heavy atom. The van der Waals surface area contributed by atoms with Crippen molar-refractivity contribution in [3.05, 3.63) is 70.8 Å². The highest BCUT2D eigenvalue weighted by molar-refractivity contribution is 6.04. The van der Waals surface area contributed by atoms with E-state index in [2.05, 4.69) is 10.6 Å². The number of carbonyl (C=O) groups is 2. The second-order valence-electron chi connectivity index (χ2n) is 6.92. The van der Waals surface area contributed by atoms with Crippen molar-refractivity contribution >= 4 is 17.7 Å². The van der Waals surface area contributed by atoms with Crippen molar-refractivity contribution in [1.82, 2.24) is 10.6 Å². The third-order valence-electron chi connectivity index (χ3n) is 4.39. The van der Waals surface area contributed by atoms with Gasteiger partial charge in [0.05, 0.1) is 30.5 Å². The van der Waals surface area contributed by atoms with E-state index in [1.54, 1.807) is 45.2 Å². The first-order valence-corrected chi connectivity index (χ1v) is 9.12. The minimum atomic E-state index is -0.614. The molecule has 0 radical (unpaired) electrons. The SMILES string of the molecule is COc1ccc(C2=C(C(=O)OC(C)C)C(c3cccc(C)c3)NC(=O)N2)cc1. The van der Waals surface area contributed by atoms with Gasteiger partial charge in [-0.15, -0.1) is 0 Å². The van der Waals surface area contributed by atoms with E-state index in [0.29, 0.717) is 22.6 Å². The Kier molecular flexibility index (Phi) is 5.68. The average molecular weight is 380 g/mol. The van der Waals surface area contributed by atoms with E-state index < -0.39 is 12.0 Å². The fourth-order valence-corrected chi connectivity index (χ4v) is 3.15. The molecule has 0 saturated heterocycles. The Hall–Kier alpha value is -3.28. The van der Waals surface area contributed by atoms with E-state index in [4.69, 9.17) is 9.47 Å². The van der Waals surface area contributed by atoms with Gasteiger partial charge in [0.25, 0.3) is 0 Å². The summed E-state index contributed by atoms with van der Waals surface area (Å²) in [5.74, 6) is 0.214. The van der Waals surface area contributed by atoms with Crippen LogP contribution in [0.1, 0.15) is 36.6 Å². The van der Waals surface area contributed by atoms with E-state index in [9.17, 15) is 9.59 Å². The molecule has 0 saturated carbocycles. The average Bonchev–Trinajstić information content (AvgIpc) is 2.66. The zero-order valence-electron chi connectivity index (χ0n) is 16.4. The number of hydrogen-bond acceptors (Lipinski definition) is 4. The van der Waals surface area contributed by atoms with Crippen LogP contribution in [0.3, 0.4) is 0 Å². The summed E-state index contributed by atoms with van der Waals surface area (Å²) in [5, 5.41) is 5.63. The molecule has 1 aliphatic heterocycles. The fourth-order valence-electron chi connectivity index (χ4n) is 3.15. The van der Waals surface area contributed by atoms with E-state index in [0.717, 1.165) is 11.1 Å². The molecule has 1 heterocycles. The van der Waals surface area contributed by atoms with E-state index in [1.807, 2.05) is 31.2 Å². The molecule has 1 aliphatic rings. The number of aryl methyl sites for hydroxylation is 1. The Bertz CT molecular complexity index is 916. The largest absolute Gasteiger partial charge is 0.497 e. The second kappa shape index (κ2) is 8.17. The van der Waals surface area contributed by atoms with Crippen LogP contribution in [-0.2, 0) is 9.53 Å². The molecule has 6 nitrogen and oxygen atoms in total. The van der Waals surface area contributed by atoms with Gasteiger partial charge in [0.2, 0.25) is 0 Å². The maximum Gasteiger partial charge on any atom is 0.338 e. The number of carbonyl (C=O) groups excluding carboxylic acids is 2. The van der Waals surface area contributed by atoms with E-state index in [-0.39, 0.29) is 12.1 Å². The molecular formula is C22H24N2O4. The van der Waals surface area contributed by atoms with Crippen LogP contribution in [-0.4, -0.2) is 25.2 Å². The van der Waals surface area contributed by atoms with Gasteiger partial charge in [0.1, 0.15) is 5.75 Å². The van der Waals surface area contributed by atoms with Crippen molar-refractivity contribution in [3.8, 4) is 5.75 Å². The lowest BCUT2D eigenvalue weighted by molar-refractivity contribution is -0.143. The van der Waals surface area contributed by atoms with Crippen LogP contribution in [0.15, 0.2) is 54.1 Å². The predicted octanol–water partition coefficient (Wildman–Crippen LogP) is 3.72. The Morgan fingerprint density at radius 2 is 1.82 bits per heavy atom. The van der Waals surface area contributed by atoms with Gasteiger partial charge in [-0.1, -0.05) is 29.8 Å².